The standard InChI is InChI=1S/C27H24N4OS/c1-3-18-31-24(22-12-8-5-9-13-22)26(29-25(32)23-16-14-20(2)15-17-23)33-27(31)30-28-19-21-10-6-4-7-11-21/h3-17,19H,1,18H2,2H3,(H,29,32)/b28-19-,30-27-. The molecule has 33 heavy (non-hydrogen) atoms. The highest BCUT2D eigenvalue weighted by Crippen LogP contribution is 2.31. The van der Waals surface area contributed by atoms with Gasteiger partial charge in [-0.3, -0.25) is 4.79 Å². The second-order valence-corrected chi connectivity index (χ2v) is 8.38. The molecule has 4 rings (SSSR count). The van der Waals surface area contributed by atoms with Crippen molar-refractivity contribution in [1.82, 2.24) is 4.57 Å². The number of nitrogens with one attached hydrogen (secondary N) is 1. The molecule has 1 N–H and O–H groups in total. The van der Waals surface area contributed by atoms with Crippen LogP contribution in [0, 0.1) is 6.92 Å². The SMILES string of the molecule is C=CCn1c(-c2ccccc2)c(NC(=O)c2ccc(C)cc2)s/c1=N\N=C/c1ccccc1. The molecule has 0 saturated heterocycles. The first-order valence-electron chi connectivity index (χ1n) is 10.6. The Kier molecular flexibility index (Phi) is 7.07. The van der Waals surface area contributed by atoms with Crippen molar-refractivity contribution >= 4 is 28.5 Å². The van der Waals surface area contributed by atoms with Crippen LogP contribution in [0.1, 0.15) is 21.5 Å². The number of allylic oxidation sites excluding steroid dienone is 1. The summed E-state index contributed by atoms with van der Waals surface area (Å²) in [5, 5.41) is 12.6. The van der Waals surface area contributed by atoms with Crippen molar-refractivity contribution in [2.75, 3.05) is 5.32 Å². The summed E-state index contributed by atoms with van der Waals surface area (Å²) < 4.78 is 2.01. The number of hydrogen-bond acceptors (Lipinski definition) is 4. The number of amides is 1. The summed E-state index contributed by atoms with van der Waals surface area (Å²) in [4.78, 5) is 13.7. The van der Waals surface area contributed by atoms with Crippen LogP contribution < -0.4 is 10.1 Å². The zero-order valence-corrected chi connectivity index (χ0v) is 19.1. The van der Waals surface area contributed by atoms with Gasteiger partial charge in [0.25, 0.3) is 5.91 Å². The second kappa shape index (κ2) is 10.5. The number of hydrogen-bond donors (Lipinski definition) is 1. The average molecular weight is 453 g/mol. The van der Waals surface area contributed by atoms with Crippen LogP contribution in [0.5, 0.6) is 0 Å². The molecule has 0 aliphatic rings. The molecule has 0 radical (unpaired) electrons. The van der Waals surface area contributed by atoms with Crippen molar-refractivity contribution in [3.63, 3.8) is 0 Å². The van der Waals surface area contributed by atoms with E-state index >= 15 is 0 Å². The van der Waals surface area contributed by atoms with Crippen LogP contribution in [0.2, 0.25) is 0 Å². The number of carbonyl (C=O) groups is 1. The van der Waals surface area contributed by atoms with Gasteiger partial charge < -0.3 is 9.88 Å². The molecule has 0 fully saturated rings. The maximum Gasteiger partial charge on any atom is 0.256 e. The van der Waals surface area contributed by atoms with E-state index in [1.54, 1.807) is 6.21 Å². The quantitative estimate of drug-likeness (QED) is 0.212. The summed E-state index contributed by atoms with van der Waals surface area (Å²) in [5.74, 6) is -0.168. The molecule has 4 aromatic rings. The van der Waals surface area contributed by atoms with Gasteiger partial charge in [0, 0.05) is 17.7 Å². The van der Waals surface area contributed by atoms with Crippen LogP contribution in [0.15, 0.2) is 108 Å². The van der Waals surface area contributed by atoms with Crippen molar-refractivity contribution < 1.29 is 4.79 Å². The number of aromatic nitrogens is 1. The highest BCUT2D eigenvalue weighted by Gasteiger charge is 2.18. The van der Waals surface area contributed by atoms with Gasteiger partial charge in [0.2, 0.25) is 4.80 Å². The number of nitrogens with zero attached hydrogens (tertiary/aromatic N) is 3. The van der Waals surface area contributed by atoms with Gasteiger partial charge >= 0.3 is 0 Å². The molecule has 0 saturated carbocycles. The summed E-state index contributed by atoms with van der Waals surface area (Å²) in [7, 11) is 0. The molecule has 0 atom stereocenters. The van der Waals surface area contributed by atoms with Gasteiger partial charge in [0.05, 0.1) is 11.9 Å². The van der Waals surface area contributed by atoms with Crippen molar-refractivity contribution in [2.45, 2.75) is 13.5 Å². The molecule has 3 aromatic carbocycles. The molecular formula is C27H24N4OS. The maximum absolute atomic E-state index is 13.0. The van der Waals surface area contributed by atoms with Crippen LogP contribution in [0.3, 0.4) is 0 Å². The molecule has 1 heterocycles. The van der Waals surface area contributed by atoms with Gasteiger partial charge in [-0.25, -0.2) is 0 Å². The second-order valence-electron chi connectivity index (χ2n) is 7.40. The summed E-state index contributed by atoms with van der Waals surface area (Å²) in [6.07, 6.45) is 3.52. The van der Waals surface area contributed by atoms with E-state index in [0.717, 1.165) is 22.4 Å². The topological polar surface area (TPSA) is 58.8 Å². The maximum atomic E-state index is 13.0. The van der Waals surface area contributed by atoms with Gasteiger partial charge in [-0.1, -0.05) is 95.8 Å². The molecule has 1 amide bonds. The van der Waals surface area contributed by atoms with E-state index in [-0.39, 0.29) is 5.91 Å². The Morgan fingerprint density at radius 3 is 2.33 bits per heavy atom. The molecular weight excluding hydrogens is 428 g/mol. The summed E-state index contributed by atoms with van der Waals surface area (Å²) in [6, 6.07) is 27.3. The highest BCUT2D eigenvalue weighted by atomic mass is 32.1. The Hall–Kier alpha value is -4.03. The molecule has 0 aliphatic carbocycles. The Labute approximate surface area is 197 Å². The molecule has 6 heteroatoms. The fourth-order valence-electron chi connectivity index (χ4n) is 3.32. The largest absolute Gasteiger partial charge is 0.312 e. The number of rotatable bonds is 7. The van der Waals surface area contributed by atoms with Gasteiger partial charge in [-0.15, -0.1) is 11.7 Å². The minimum Gasteiger partial charge on any atom is -0.312 e. The number of carbonyl (C=O) groups excluding carboxylic acids is 1. The lowest BCUT2D eigenvalue weighted by molar-refractivity contribution is 0.102. The van der Waals surface area contributed by atoms with E-state index in [0.29, 0.717) is 21.9 Å². The molecule has 5 nitrogen and oxygen atoms in total. The van der Waals surface area contributed by atoms with Crippen LogP contribution in [0.4, 0.5) is 5.00 Å². The Morgan fingerprint density at radius 2 is 1.67 bits per heavy atom. The lowest BCUT2D eigenvalue weighted by Gasteiger charge is -2.10. The molecule has 0 aliphatic heterocycles. The predicted octanol–water partition coefficient (Wildman–Crippen LogP) is 5.90. The first kappa shape index (κ1) is 22.2. The number of anilines is 1. The van der Waals surface area contributed by atoms with Crippen molar-refractivity contribution in [3.05, 3.63) is 119 Å². The molecule has 1 aromatic heterocycles. The van der Waals surface area contributed by atoms with Crippen LogP contribution in [-0.4, -0.2) is 16.7 Å². The van der Waals surface area contributed by atoms with Gasteiger partial charge in [-0.2, -0.15) is 5.10 Å². The molecule has 0 bridgehead atoms. The zero-order chi connectivity index (χ0) is 23.0. The smallest absolute Gasteiger partial charge is 0.256 e. The third-order valence-electron chi connectivity index (χ3n) is 4.96. The normalized spacial score (nSPS) is 11.6. The van der Waals surface area contributed by atoms with Crippen LogP contribution >= 0.6 is 11.3 Å². The molecule has 0 spiro atoms. The summed E-state index contributed by atoms with van der Waals surface area (Å²) >= 11 is 1.39. The van der Waals surface area contributed by atoms with Crippen LogP contribution in [-0.2, 0) is 6.54 Å². The molecule has 164 valence electrons. The molecule has 0 unspecified atom stereocenters. The number of benzene rings is 3. The Balaban J connectivity index is 1.78. The fourth-order valence-corrected chi connectivity index (χ4v) is 4.33. The Morgan fingerprint density at radius 1 is 1.00 bits per heavy atom. The third-order valence-corrected chi connectivity index (χ3v) is 5.94. The lowest BCUT2D eigenvalue weighted by atomic mass is 10.1. The van der Waals surface area contributed by atoms with E-state index in [9.17, 15) is 4.79 Å². The zero-order valence-electron chi connectivity index (χ0n) is 18.3. The first-order chi connectivity index (χ1) is 16.2. The van der Waals surface area contributed by atoms with E-state index in [1.807, 2.05) is 102 Å². The van der Waals surface area contributed by atoms with E-state index in [1.165, 1.54) is 11.3 Å². The van der Waals surface area contributed by atoms with E-state index in [2.05, 4.69) is 22.1 Å². The minimum atomic E-state index is -0.168. The van der Waals surface area contributed by atoms with Crippen molar-refractivity contribution in [2.24, 2.45) is 10.2 Å². The Bertz CT molecular complexity index is 1330. The number of thiazole rings is 1. The van der Waals surface area contributed by atoms with E-state index in [4.69, 9.17) is 0 Å². The average Bonchev–Trinajstić information content (AvgIpc) is 3.17. The van der Waals surface area contributed by atoms with Gasteiger partial charge in [0.1, 0.15) is 5.00 Å². The van der Waals surface area contributed by atoms with Gasteiger partial charge in [-0.05, 0) is 24.6 Å². The first-order valence-corrected chi connectivity index (χ1v) is 11.4. The highest BCUT2D eigenvalue weighted by molar-refractivity contribution is 7.14. The van der Waals surface area contributed by atoms with Crippen molar-refractivity contribution in [3.8, 4) is 11.3 Å². The predicted molar refractivity (Wildman–Crippen MR) is 137 cm³/mol. The number of aryl methyl sites for hydroxylation is 1. The minimum absolute atomic E-state index is 0.168. The van der Waals surface area contributed by atoms with E-state index < -0.39 is 0 Å². The van der Waals surface area contributed by atoms with Crippen LogP contribution in [0.25, 0.3) is 11.3 Å². The third kappa shape index (κ3) is 5.42. The van der Waals surface area contributed by atoms with Crippen molar-refractivity contribution in [1.29, 1.82) is 0 Å². The summed E-state index contributed by atoms with van der Waals surface area (Å²) in [5.41, 5.74) is 4.51. The monoisotopic (exact) mass is 452 g/mol. The summed E-state index contributed by atoms with van der Waals surface area (Å²) in [6.45, 7) is 6.43. The lowest BCUT2D eigenvalue weighted by Crippen LogP contribution is -2.15. The fraction of sp³-hybridized carbons (Fsp3) is 0.0741. The van der Waals surface area contributed by atoms with Gasteiger partial charge in [0.15, 0.2) is 0 Å².